The van der Waals surface area contributed by atoms with Gasteiger partial charge in [-0.2, -0.15) is 0 Å². The van der Waals surface area contributed by atoms with Gasteiger partial charge in [0.15, 0.2) is 0 Å². The highest BCUT2D eigenvalue weighted by Crippen LogP contribution is 2.33. The van der Waals surface area contributed by atoms with Crippen molar-refractivity contribution in [3.63, 3.8) is 0 Å². The van der Waals surface area contributed by atoms with Gasteiger partial charge in [0.1, 0.15) is 18.3 Å². The zero-order valence-electron chi connectivity index (χ0n) is 22.6. The molecule has 3 rings (SSSR count). The van der Waals surface area contributed by atoms with Crippen LogP contribution in [0, 0.1) is 0 Å². The first-order chi connectivity index (χ1) is 19.1. The molecule has 1 N–H and O–H groups in total. The van der Waals surface area contributed by atoms with Crippen molar-refractivity contribution < 1.29 is 22.7 Å². The minimum atomic E-state index is -4.21. The standard InChI is InChI=1S/C29H33Cl2N3O5S/c1-4-5-18-32-29(36)21(2)33(19-23-24(30)14-11-15-25(23)31)28(35)20-34(26-16-9-10-17-27(26)39-3)40(37,38)22-12-7-6-8-13-22/h6-17,21H,4-5,18-20H2,1-3H3,(H,32,36)/t21-/m0/s1. The minimum Gasteiger partial charge on any atom is -0.495 e. The fourth-order valence-corrected chi connectivity index (χ4v) is 6.00. The molecule has 3 aromatic rings. The first kappa shape index (κ1) is 31.3. The van der Waals surface area contributed by atoms with Crippen LogP contribution in [-0.2, 0) is 26.2 Å². The van der Waals surface area contributed by atoms with Crippen molar-refractivity contribution in [1.29, 1.82) is 0 Å². The van der Waals surface area contributed by atoms with Crippen LogP contribution in [0.3, 0.4) is 0 Å². The molecule has 214 valence electrons. The number of anilines is 1. The predicted molar refractivity (Wildman–Crippen MR) is 158 cm³/mol. The Bertz CT molecular complexity index is 1400. The molecule has 0 unspecified atom stereocenters. The average molecular weight is 607 g/mol. The highest BCUT2D eigenvalue weighted by Gasteiger charge is 2.34. The van der Waals surface area contributed by atoms with Crippen LogP contribution in [0.5, 0.6) is 5.75 Å². The van der Waals surface area contributed by atoms with E-state index >= 15 is 0 Å². The normalized spacial score (nSPS) is 11.9. The molecule has 0 aliphatic rings. The number of hydrogen-bond acceptors (Lipinski definition) is 5. The number of halogens is 2. The molecule has 0 bridgehead atoms. The topological polar surface area (TPSA) is 96.0 Å². The molecule has 40 heavy (non-hydrogen) atoms. The van der Waals surface area contributed by atoms with Gasteiger partial charge in [0.05, 0.1) is 17.7 Å². The van der Waals surface area contributed by atoms with Crippen molar-refractivity contribution in [2.75, 3.05) is 24.5 Å². The SMILES string of the molecule is CCCCNC(=O)[C@H](C)N(Cc1c(Cl)cccc1Cl)C(=O)CN(c1ccccc1OC)S(=O)(=O)c1ccccc1. The summed E-state index contributed by atoms with van der Waals surface area (Å²) in [5.41, 5.74) is 0.625. The summed E-state index contributed by atoms with van der Waals surface area (Å²) < 4.78 is 34.2. The van der Waals surface area contributed by atoms with Crippen LogP contribution in [0.15, 0.2) is 77.7 Å². The zero-order valence-corrected chi connectivity index (χ0v) is 25.0. The fourth-order valence-electron chi connectivity index (χ4n) is 4.04. The molecule has 2 amide bonds. The first-order valence-electron chi connectivity index (χ1n) is 12.8. The fraction of sp³-hybridized carbons (Fsp3) is 0.310. The number of nitrogens with zero attached hydrogens (tertiary/aromatic N) is 2. The summed E-state index contributed by atoms with van der Waals surface area (Å²) in [5.74, 6) is -0.736. The second kappa shape index (κ2) is 14.4. The van der Waals surface area contributed by atoms with E-state index in [4.69, 9.17) is 27.9 Å². The second-order valence-corrected chi connectivity index (χ2v) is 11.7. The van der Waals surface area contributed by atoms with E-state index in [2.05, 4.69) is 5.32 Å². The second-order valence-electron chi connectivity index (χ2n) is 9.04. The Hall–Kier alpha value is -3.27. The molecule has 0 spiro atoms. The third kappa shape index (κ3) is 7.47. The van der Waals surface area contributed by atoms with Crippen LogP contribution in [0.2, 0.25) is 10.0 Å². The molecule has 0 saturated carbocycles. The third-order valence-electron chi connectivity index (χ3n) is 6.35. The molecule has 0 fully saturated rings. The Morgan fingerprint density at radius 2 is 1.57 bits per heavy atom. The number of para-hydroxylation sites is 2. The van der Waals surface area contributed by atoms with Gasteiger partial charge >= 0.3 is 0 Å². The highest BCUT2D eigenvalue weighted by molar-refractivity contribution is 7.92. The number of sulfonamides is 1. The molecule has 0 saturated heterocycles. The van der Waals surface area contributed by atoms with Crippen molar-refractivity contribution in [3.8, 4) is 5.75 Å². The lowest BCUT2D eigenvalue weighted by Crippen LogP contribution is -2.51. The van der Waals surface area contributed by atoms with E-state index in [1.165, 1.54) is 24.1 Å². The summed E-state index contributed by atoms with van der Waals surface area (Å²) in [4.78, 5) is 28.4. The maximum Gasteiger partial charge on any atom is 0.264 e. The Balaban J connectivity index is 2.06. The van der Waals surface area contributed by atoms with Gasteiger partial charge in [-0.3, -0.25) is 13.9 Å². The van der Waals surface area contributed by atoms with Gasteiger partial charge in [-0.1, -0.05) is 72.9 Å². The number of amides is 2. The molecule has 0 radical (unpaired) electrons. The van der Waals surface area contributed by atoms with E-state index in [1.54, 1.807) is 67.6 Å². The number of benzene rings is 3. The van der Waals surface area contributed by atoms with Gasteiger partial charge in [0.25, 0.3) is 10.0 Å². The maximum absolute atomic E-state index is 14.0. The maximum atomic E-state index is 14.0. The van der Waals surface area contributed by atoms with Crippen LogP contribution in [-0.4, -0.2) is 51.4 Å². The Morgan fingerprint density at radius 1 is 0.950 bits per heavy atom. The van der Waals surface area contributed by atoms with E-state index in [0.29, 0.717) is 22.2 Å². The van der Waals surface area contributed by atoms with Gasteiger partial charge in [0, 0.05) is 28.7 Å². The lowest BCUT2D eigenvalue weighted by molar-refractivity contribution is -0.139. The van der Waals surface area contributed by atoms with Gasteiger partial charge in [-0.25, -0.2) is 8.42 Å². The van der Waals surface area contributed by atoms with Crippen LogP contribution >= 0.6 is 23.2 Å². The largest absolute Gasteiger partial charge is 0.495 e. The molecule has 0 heterocycles. The highest BCUT2D eigenvalue weighted by atomic mass is 35.5. The number of ether oxygens (including phenoxy) is 1. The van der Waals surface area contributed by atoms with E-state index < -0.39 is 28.5 Å². The predicted octanol–water partition coefficient (Wildman–Crippen LogP) is 5.53. The van der Waals surface area contributed by atoms with E-state index in [0.717, 1.165) is 17.1 Å². The summed E-state index contributed by atoms with van der Waals surface area (Å²) in [5, 5.41) is 3.49. The molecule has 3 aromatic carbocycles. The smallest absolute Gasteiger partial charge is 0.264 e. The molecular weight excluding hydrogens is 573 g/mol. The number of carbonyl (C=O) groups excluding carboxylic acids is 2. The summed E-state index contributed by atoms with van der Waals surface area (Å²) in [6.07, 6.45) is 1.66. The van der Waals surface area contributed by atoms with Crippen LogP contribution in [0.25, 0.3) is 0 Å². The third-order valence-corrected chi connectivity index (χ3v) is 8.83. The number of unbranched alkanes of at least 4 members (excludes halogenated alkanes) is 1. The molecule has 11 heteroatoms. The Morgan fingerprint density at radius 3 is 2.20 bits per heavy atom. The van der Waals surface area contributed by atoms with Crippen LogP contribution in [0.4, 0.5) is 5.69 Å². The summed E-state index contributed by atoms with van der Waals surface area (Å²) in [7, 11) is -2.80. The van der Waals surface area contributed by atoms with Crippen molar-refractivity contribution in [1.82, 2.24) is 10.2 Å². The van der Waals surface area contributed by atoms with E-state index in [9.17, 15) is 18.0 Å². The van der Waals surface area contributed by atoms with E-state index in [-0.39, 0.29) is 28.8 Å². The van der Waals surface area contributed by atoms with Crippen molar-refractivity contribution in [3.05, 3.63) is 88.4 Å². The quantitative estimate of drug-likeness (QED) is 0.258. The van der Waals surface area contributed by atoms with Gasteiger partial charge < -0.3 is 15.0 Å². The van der Waals surface area contributed by atoms with Gasteiger partial charge in [0.2, 0.25) is 11.8 Å². The van der Waals surface area contributed by atoms with Crippen molar-refractivity contribution in [2.24, 2.45) is 0 Å². The summed E-state index contributed by atoms with van der Waals surface area (Å²) in [6.45, 7) is 3.33. The summed E-state index contributed by atoms with van der Waals surface area (Å²) in [6, 6.07) is 18.3. The zero-order chi connectivity index (χ0) is 29.3. The van der Waals surface area contributed by atoms with Crippen LogP contribution in [0.1, 0.15) is 32.3 Å². The van der Waals surface area contributed by atoms with Gasteiger partial charge in [-0.15, -0.1) is 0 Å². The van der Waals surface area contributed by atoms with Crippen LogP contribution < -0.4 is 14.4 Å². The molecule has 0 aliphatic heterocycles. The number of carbonyl (C=O) groups is 2. The number of nitrogens with one attached hydrogen (secondary N) is 1. The molecular formula is C29H33Cl2N3O5S. The molecule has 0 aliphatic carbocycles. The lowest BCUT2D eigenvalue weighted by atomic mass is 10.1. The molecule has 0 aromatic heterocycles. The number of methoxy groups -OCH3 is 1. The lowest BCUT2D eigenvalue weighted by Gasteiger charge is -2.32. The van der Waals surface area contributed by atoms with E-state index in [1.807, 2.05) is 6.92 Å². The Labute approximate surface area is 245 Å². The minimum absolute atomic E-state index is 0.000221. The average Bonchev–Trinajstić information content (AvgIpc) is 2.95. The monoisotopic (exact) mass is 605 g/mol. The van der Waals surface area contributed by atoms with Crippen molar-refractivity contribution in [2.45, 2.75) is 44.2 Å². The number of rotatable bonds is 13. The van der Waals surface area contributed by atoms with Gasteiger partial charge in [-0.05, 0) is 49.7 Å². The molecule has 1 atom stereocenters. The Kier molecular flexibility index (Phi) is 11.2. The molecule has 8 nitrogen and oxygen atoms in total. The number of hydrogen-bond donors (Lipinski definition) is 1. The van der Waals surface area contributed by atoms with Crippen molar-refractivity contribution >= 4 is 50.7 Å². The first-order valence-corrected chi connectivity index (χ1v) is 15.0. The summed E-state index contributed by atoms with van der Waals surface area (Å²) >= 11 is 12.8.